The van der Waals surface area contributed by atoms with Gasteiger partial charge in [0.15, 0.2) is 5.78 Å². The zero-order valence-corrected chi connectivity index (χ0v) is 27.6. The molecule has 2 heterocycles. The molecule has 1 N–H and O–H groups in total. The fourth-order valence-electron chi connectivity index (χ4n) is 6.41. The Morgan fingerprint density at radius 3 is 2.49 bits per heavy atom. The summed E-state index contributed by atoms with van der Waals surface area (Å²) >= 11 is 1.62. The molecule has 1 saturated carbocycles. The number of hydrogen-bond donors (Lipinski definition) is 1. The van der Waals surface area contributed by atoms with Crippen LogP contribution in [0.15, 0.2) is 30.4 Å². The Labute approximate surface area is 262 Å². The summed E-state index contributed by atoms with van der Waals surface area (Å²) in [5.74, 6) is 0.434. The van der Waals surface area contributed by atoms with E-state index in [0.717, 1.165) is 67.1 Å². The number of piperazine rings is 1. The molecule has 4 rings (SSSR count). The lowest BCUT2D eigenvalue weighted by atomic mass is 9.81. The van der Waals surface area contributed by atoms with Crippen LogP contribution in [0.25, 0.3) is 10.2 Å². The molecule has 43 heavy (non-hydrogen) atoms. The molecule has 1 aromatic carbocycles. The van der Waals surface area contributed by atoms with Crippen molar-refractivity contribution in [3.05, 3.63) is 40.9 Å². The lowest BCUT2D eigenvalue weighted by molar-refractivity contribution is -0.130. The zero-order chi connectivity index (χ0) is 30.9. The lowest BCUT2D eigenvalue weighted by Crippen LogP contribution is -2.46. The Bertz CT molecular complexity index is 1260. The normalized spacial score (nSPS) is 18.5. The number of amides is 1. The van der Waals surface area contributed by atoms with Crippen molar-refractivity contribution in [2.45, 2.75) is 96.9 Å². The molecule has 2 atom stereocenters. The van der Waals surface area contributed by atoms with Crippen molar-refractivity contribution in [3.8, 4) is 0 Å². The van der Waals surface area contributed by atoms with Crippen molar-refractivity contribution in [3.63, 3.8) is 0 Å². The van der Waals surface area contributed by atoms with Crippen molar-refractivity contribution in [1.82, 2.24) is 20.1 Å². The molecule has 2 fully saturated rings. The summed E-state index contributed by atoms with van der Waals surface area (Å²) in [5, 5.41) is 4.26. The molecular formula is C35H52N4O3S. The van der Waals surface area contributed by atoms with Gasteiger partial charge < -0.3 is 10.2 Å². The third-order valence-corrected chi connectivity index (χ3v) is 10.5. The fourth-order valence-corrected chi connectivity index (χ4v) is 7.51. The minimum Gasteiger partial charge on any atom is -0.353 e. The summed E-state index contributed by atoms with van der Waals surface area (Å²) < 4.78 is 1.12. The molecule has 8 heteroatoms. The van der Waals surface area contributed by atoms with Crippen LogP contribution in [0.1, 0.15) is 95.0 Å². The molecule has 1 saturated heterocycles. The van der Waals surface area contributed by atoms with E-state index in [1.54, 1.807) is 11.3 Å². The van der Waals surface area contributed by atoms with E-state index in [0.29, 0.717) is 49.6 Å². The number of nitrogens with zero attached hydrogens (tertiary/aromatic N) is 3. The van der Waals surface area contributed by atoms with Gasteiger partial charge in [0.1, 0.15) is 5.78 Å². The molecule has 2 aliphatic rings. The second-order valence-corrected chi connectivity index (χ2v) is 14.3. The molecule has 236 valence electrons. The number of rotatable bonds is 15. The van der Waals surface area contributed by atoms with Crippen molar-refractivity contribution in [2.75, 3.05) is 39.8 Å². The van der Waals surface area contributed by atoms with Gasteiger partial charge in [0.05, 0.1) is 21.1 Å². The predicted octanol–water partition coefficient (Wildman–Crippen LogP) is 6.17. The van der Waals surface area contributed by atoms with E-state index >= 15 is 0 Å². The maximum atomic E-state index is 13.9. The Hall–Kier alpha value is -2.42. The summed E-state index contributed by atoms with van der Waals surface area (Å²) in [5.41, 5.74) is 2.89. The van der Waals surface area contributed by atoms with Gasteiger partial charge in [-0.05, 0) is 55.8 Å². The molecule has 0 bridgehead atoms. The van der Waals surface area contributed by atoms with E-state index in [4.69, 9.17) is 4.98 Å². The van der Waals surface area contributed by atoms with Gasteiger partial charge in [-0.1, -0.05) is 52.7 Å². The fraction of sp³-hybridized carbons (Fsp3) is 0.657. The van der Waals surface area contributed by atoms with E-state index in [-0.39, 0.29) is 29.9 Å². The van der Waals surface area contributed by atoms with E-state index in [9.17, 15) is 14.4 Å². The number of ketones is 2. The average molecular weight is 609 g/mol. The van der Waals surface area contributed by atoms with E-state index < -0.39 is 5.92 Å². The van der Waals surface area contributed by atoms with Crippen LogP contribution in [0.4, 0.5) is 0 Å². The Morgan fingerprint density at radius 1 is 1.09 bits per heavy atom. The predicted molar refractivity (Wildman–Crippen MR) is 177 cm³/mol. The highest BCUT2D eigenvalue weighted by Gasteiger charge is 2.30. The van der Waals surface area contributed by atoms with Gasteiger partial charge in [0.25, 0.3) is 0 Å². The van der Waals surface area contributed by atoms with Crippen LogP contribution in [0.5, 0.6) is 0 Å². The molecule has 2 aromatic rings. The smallest absolute Gasteiger partial charge is 0.224 e. The SMILES string of the molecule is C=C(CN1CCN(C)CC1)C(=O)CCC(NC(=O)[C@@H](CC(=O)CC)Cc1nc2ccc(C(C)C)cc2s1)C1CCCCC1. The molecule has 0 radical (unpaired) electrons. The van der Waals surface area contributed by atoms with E-state index in [1.807, 2.05) is 6.92 Å². The Balaban J connectivity index is 1.43. The number of carbonyl (C=O) groups is 3. The number of Topliss-reactive ketones (excluding diaryl/α,β-unsaturated/α-hetero) is 2. The average Bonchev–Trinajstić information content (AvgIpc) is 3.41. The number of fused-ring (bicyclic) bond motifs is 1. The van der Waals surface area contributed by atoms with Gasteiger partial charge in [-0.25, -0.2) is 4.98 Å². The first-order valence-corrected chi connectivity index (χ1v) is 17.3. The molecule has 1 aliphatic heterocycles. The van der Waals surface area contributed by atoms with Gasteiger partial charge in [-0.2, -0.15) is 0 Å². The van der Waals surface area contributed by atoms with Crippen LogP contribution in [-0.4, -0.2) is 78.1 Å². The van der Waals surface area contributed by atoms with E-state index in [2.05, 4.69) is 60.8 Å². The number of nitrogens with one attached hydrogen (secondary N) is 1. The number of thiazole rings is 1. The Kier molecular flexibility index (Phi) is 12.5. The van der Waals surface area contributed by atoms with Gasteiger partial charge >= 0.3 is 0 Å². The van der Waals surface area contributed by atoms with Crippen molar-refractivity contribution in [1.29, 1.82) is 0 Å². The third kappa shape index (κ3) is 9.79. The minimum atomic E-state index is -0.466. The Morgan fingerprint density at radius 2 is 1.81 bits per heavy atom. The summed E-state index contributed by atoms with van der Waals surface area (Å²) in [4.78, 5) is 49.1. The number of hydrogen-bond acceptors (Lipinski definition) is 7. The first-order chi connectivity index (χ1) is 20.6. The second kappa shape index (κ2) is 16.1. The van der Waals surface area contributed by atoms with Crippen molar-refractivity contribution in [2.24, 2.45) is 11.8 Å². The number of aromatic nitrogens is 1. The molecule has 7 nitrogen and oxygen atoms in total. The third-order valence-electron chi connectivity index (χ3n) is 9.42. The first-order valence-electron chi connectivity index (χ1n) is 16.5. The van der Waals surface area contributed by atoms with Gasteiger partial charge in [-0.15, -0.1) is 11.3 Å². The van der Waals surface area contributed by atoms with Crippen LogP contribution in [-0.2, 0) is 20.8 Å². The van der Waals surface area contributed by atoms with E-state index in [1.165, 1.54) is 12.0 Å². The van der Waals surface area contributed by atoms with Crippen LogP contribution >= 0.6 is 11.3 Å². The number of benzene rings is 1. The number of likely N-dealkylation sites (N-methyl/N-ethyl adjacent to an activating group) is 1. The first kappa shape index (κ1) is 33.5. The van der Waals surface area contributed by atoms with Crippen LogP contribution < -0.4 is 5.32 Å². The topological polar surface area (TPSA) is 82.6 Å². The van der Waals surface area contributed by atoms with Crippen LogP contribution in [0, 0.1) is 11.8 Å². The van der Waals surface area contributed by atoms with Crippen molar-refractivity contribution >= 4 is 39.0 Å². The summed E-state index contributed by atoms with van der Waals surface area (Å²) in [6, 6.07) is 6.31. The summed E-state index contributed by atoms with van der Waals surface area (Å²) in [6.45, 7) is 14.9. The zero-order valence-electron chi connectivity index (χ0n) is 26.8. The quantitative estimate of drug-likeness (QED) is 0.244. The van der Waals surface area contributed by atoms with Gasteiger partial charge in [0, 0.05) is 70.0 Å². The van der Waals surface area contributed by atoms with Crippen LogP contribution in [0.2, 0.25) is 0 Å². The molecule has 1 unspecified atom stereocenters. The van der Waals surface area contributed by atoms with Crippen LogP contribution in [0.3, 0.4) is 0 Å². The maximum Gasteiger partial charge on any atom is 0.224 e. The highest BCUT2D eigenvalue weighted by Crippen LogP contribution is 2.31. The standard InChI is InChI=1S/C35H52N4O3S/c1-6-29(40)20-28(22-34-36-31-13-12-27(24(2)3)21-33(31)43-34)35(42)37-30(26-10-8-7-9-11-26)14-15-32(41)25(4)23-39-18-16-38(5)17-19-39/h12-13,21,24,26,28,30H,4,6-11,14-20,22-23H2,1-3,5H3,(H,37,42)/t28-,30?/m0/s1. The largest absolute Gasteiger partial charge is 0.353 e. The molecular weight excluding hydrogens is 556 g/mol. The second-order valence-electron chi connectivity index (χ2n) is 13.1. The molecule has 0 spiro atoms. The molecule has 1 aliphatic carbocycles. The highest BCUT2D eigenvalue weighted by atomic mass is 32.1. The summed E-state index contributed by atoms with van der Waals surface area (Å²) in [6.07, 6.45) is 7.75. The lowest BCUT2D eigenvalue weighted by Gasteiger charge is -2.33. The minimum absolute atomic E-state index is 0.0728. The monoisotopic (exact) mass is 608 g/mol. The highest BCUT2D eigenvalue weighted by molar-refractivity contribution is 7.18. The summed E-state index contributed by atoms with van der Waals surface area (Å²) in [7, 11) is 2.13. The van der Waals surface area contributed by atoms with Crippen molar-refractivity contribution < 1.29 is 14.4 Å². The van der Waals surface area contributed by atoms with Gasteiger partial charge in [0.2, 0.25) is 5.91 Å². The van der Waals surface area contributed by atoms with Gasteiger partial charge in [-0.3, -0.25) is 19.3 Å². The molecule has 1 amide bonds. The number of carbonyl (C=O) groups excluding carboxylic acids is 3. The molecule has 1 aromatic heterocycles. The maximum absolute atomic E-state index is 13.9.